The lowest BCUT2D eigenvalue weighted by atomic mass is 10.0. The van der Waals surface area contributed by atoms with Crippen molar-refractivity contribution in [1.82, 2.24) is 10.2 Å². The number of ether oxygens (including phenoxy) is 1. The van der Waals surface area contributed by atoms with Crippen LogP contribution in [0.25, 0.3) is 0 Å². The Kier molecular flexibility index (Phi) is 7.23. The van der Waals surface area contributed by atoms with Gasteiger partial charge in [0.1, 0.15) is 6.04 Å². The molecule has 0 aliphatic carbocycles. The standard InChI is InChI=1S/C17H25N3O4/c1-6-24-17(23)19-14(11(2)3)15(21)18-13-9-7-8-12(10-13)16(22)20(4)5/h7-11,14H,6H2,1-5H3,(H,18,21)(H,19,23). The highest BCUT2D eigenvalue weighted by Gasteiger charge is 2.25. The fraction of sp³-hybridized carbons (Fsp3) is 0.471. The van der Waals surface area contributed by atoms with Gasteiger partial charge in [0, 0.05) is 25.3 Å². The van der Waals surface area contributed by atoms with Gasteiger partial charge >= 0.3 is 6.09 Å². The predicted molar refractivity (Wildman–Crippen MR) is 91.9 cm³/mol. The topological polar surface area (TPSA) is 87.7 Å². The number of rotatable bonds is 6. The second-order valence-corrected chi connectivity index (χ2v) is 5.86. The Morgan fingerprint density at radius 1 is 1.21 bits per heavy atom. The average Bonchev–Trinajstić information content (AvgIpc) is 2.51. The van der Waals surface area contributed by atoms with E-state index in [1.54, 1.807) is 45.3 Å². The van der Waals surface area contributed by atoms with Gasteiger partial charge in [0.25, 0.3) is 5.91 Å². The molecule has 0 saturated carbocycles. The highest BCUT2D eigenvalue weighted by Crippen LogP contribution is 2.14. The molecule has 1 unspecified atom stereocenters. The number of hydrogen-bond donors (Lipinski definition) is 2. The van der Waals surface area contributed by atoms with E-state index >= 15 is 0 Å². The quantitative estimate of drug-likeness (QED) is 0.833. The van der Waals surface area contributed by atoms with E-state index in [9.17, 15) is 14.4 Å². The first-order valence-corrected chi connectivity index (χ1v) is 7.82. The Labute approximate surface area is 142 Å². The SMILES string of the molecule is CCOC(=O)NC(C(=O)Nc1cccc(C(=O)N(C)C)c1)C(C)C. The van der Waals surface area contributed by atoms with E-state index in [2.05, 4.69) is 10.6 Å². The van der Waals surface area contributed by atoms with E-state index in [0.29, 0.717) is 11.3 Å². The van der Waals surface area contributed by atoms with Crippen LogP contribution in [-0.4, -0.2) is 49.6 Å². The summed E-state index contributed by atoms with van der Waals surface area (Å²) in [6.07, 6.45) is -0.636. The Balaban J connectivity index is 2.86. The first-order chi connectivity index (χ1) is 11.3. The summed E-state index contributed by atoms with van der Waals surface area (Å²) in [6, 6.07) is 5.91. The minimum atomic E-state index is -0.739. The molecular formula is C17H25N3O4. The van der Waals surface area contributed by atoms with Crippen molar-refractivity contribution >= 4 is 23.6 Å². The number of amides is 3. The third kappa shape index (κ3) is 5.57. The molecule has 7 heteroatoms. The Morgan fingerprint density at radius 3 is 2.42 bits per heavy atom. The fourth-order valence-electron chi connectivity index (χ4n) is 2.04. The van der Waals surface area contributed by atoms with Crippen LogP contribution in [0, 0.1) is 5.92 Å². The van der Waals surface area contributed by atoms with Crippen molar-refractivity contribution in [2.24, 2.45) is 5.92 Å². The van der Waals surface area contributed by atoms with Crippen molar-refractivity contribution in [3.8, 4) is 0 Å². The van der Waals surface area contributed by atoms with Crippen molar-refractivity contribution in [3.63, 3.8) is 0 Å². The molecule has 0 fully saturated rings. The lowest BCUT2D eigenvalue weighted by molar-refractivity contribution is -0.119. The number of carbonyl (C=O) groups excluding carboxylic acids is 3. The van der Waals surface area contributed by atoms with Crippen LogP contribution < -0.4 is 10.6 Å². The minimum Gasteiger partial charge on any atom is -0.450 e. The van der Waals surface area contributed by atoms with Crippen LogP contribution in [0.2, 0.25) is 0 Å². The van der Waals surface area contributed by atoms with Crippen molar-refractivity contribution in [2.45, 2.75) is 26.8 Å². The molecule has 132 valence electrons. The second-order valence-electron chi connectivity index (χ2n) is 5.86. The maximum absolute atomic E-state index is 12.4. The molecule has 1 rings (SSSR count). The molecule has 0 aromatic heterocycles. The lowest BCUT2D eigenvalue weighted by Gasteiger charge is -2.21. The number of alkyl carbamates (subject to hydrolysis) is 1. The molecule has 0 saturated heterocycles. The van der Waals surface area contributed by atoms with Gasteiger partial charge in [-0.1, -0.05) is 19.9 Å². The fourth-order valence-corrected chi connectivity index (χ4v) is 2.04. The largest absolute Gasteiger partial charge is 0.450 e. The second kappa shape index (κ2) is 8.90. The van der Waals surface area contributed by atoms with Gasteiger partial charge in [-0.3, -0.25) is 9.59 Å². The average molecular weight is 335 g/mol. The molecule has 0 spiro atoms. The van der Waals surface area contributed by atoms with Crippen molar-refractivity contribution in [3.05, 3.63) is 29.8 Å². The van der Waals surface area contributed by atoms with Gasteiger partial charge < -0.3 is 20.3 Å². The Bertz CT molecular complexity index is 599. The molecule has 0 radical (unpaired) electrons. The van der Waals surface area contributed by atoms with E-state index in [0.717, 1.165) is 0 Å². The zero-order chi connectivity index (χ0) is 18.3. The predicted octanol–water partition coefficient (Wildman–Crippen LogP) is 2.10. The van der Waals surface area contributed by atoms with Gasteiger partial charge in [0.2, 0.25) is 5.91 Å². The summed E-state index contributed by atoms with van der Waals surface area (Å²) in [5.74, 6) is -0.648. The molecular weight excluding hydrogens is 310 g/mol. The molecule has 7 nitrogen and oxygen atoms in total. The summed E-state index contributed by atoms with van der Waals surface area (Å²) in [6.45, 7) is 5.56. The van der Waals surface area contributed by atoms with Crippen LogP contribution in [-0.2, 0) is 9.53 Å². The molecule has 0 aliphatic heterocycles. The van der Waals surface area contributed by atoms with Gasteiger partial charge in [-0.25, -0.2) is 4.79 Å². The summed E-state index contributed by atoms with van der Waals surface area (Å²) in [7, 11) is 3.32. The summed E-state index contributed by atoms with van der Waals surface area (Å²) < 4.78 is 4.82. The number of nitrogens with one attached hydrogen (secondary N) is 2. The van der Waals surface area contributed by atoms with Gasteiger partial charge in [-0.05, 0) is 31.0 Å². The molecule has 2 N–H and O–H groups in total. The van der Waals surface area contributed by atoms with Crippen LogP contribution >= 0.6 is 0 Å². The molecule has 1 aromatic carbocycles. The summed E-state index contributed by atoms with van der Waals surface area (Å²) in [5, 5.41) is 5.27. The molecule has 0 bridgehead atoms. The molecule has 1 atom stereocenters. The van der Waals surface area contributed by atoms with Crippen LogP contribution in [0.5, 0.6) is 0 Å². The maximum Gasteiger partial charge on any atom is 0.407 e. The van der Waals surface area contributed by atoms with Crippen molar-refractivity contribution in [1.29, 1.82) is 0 Å². The molecule has 3 amide bonds. The lowest BCUT2D eigenvalue weighted by Crippen LogP contribution is -2.47. The Morgan fingerprint density at radius 2 is 1.88 bits per heavy atom. The molecule has 0 heterocycles. The summed E-state index contributed by atoms with van der Waals surface area (Å²) in [4.78, 5) is 37.4. The van der Waals surface area contributed by atoms with Crippen LogP contribution in [0.15, 0.2) is 24.3 Å². The third-order valence-electron chi connectivity index (χ3n) is 3.28. The first kappa shape index (κ1) is 19.5. The Hall–Kier alpha value is -2.57. The van der Waals surface area contributed by atoms with E-state index in [1.807, 2.05) is 13.8 Å². The monoisotopic (exact) mass is 335 g/mol. The van der Waals surface area contributed by atoms with Crippen LogP contribution in [0.3, 0.4) is 0 Å². The van der Waals surface area contributed by atoms with Gasteiger partial charge in [-0.2, -0.15) is 0 Å². The third-order valence-corrected chi connectivity index (χ3v) is 3.28. The summed E-state index contributed by atoms with van der Waals surface area (Å²) >= 11 is 0. The number of carbonyl (C=O) groups is 3. The smallest absolute Gasteiger partial charge is 0.407 e. The normalized spacial score (nSPS) is 11.6. The van der Waals surface area contributed by atoms with Gasteiger partial charge in [0.05, 0.1) is 6.61 Å². The molecule has 1 aromatic rings. The molecule has 0 aliphatic rings. The maximum atomic E-state index is 12.4. The van der Waals surface area contributed by atoms with E-state index in [4.69, 9.17) is 4.74 Å². The zero-order valence-corrected chi connectivity index (χ0v) is 14.8. The van der Waals surface area contributed by atoms with Gasteiger partial charge in [0.15, 0.2) is 0 Å². The van der Waals surface area contributed by atoms with E-state index < -0.39 is 12.1 Å². The summed E-state index contributed by atoms with van der Waals surface area (Å²) in [5.41, 5.74) is 0.959. The van der Waals surface area contributed by atoms with Crippen LogP contribution in [0.4, 0.5) is 10.5 Å². The number of hydrogen-bond acceptors (Lipinski definition) is 4. The molecule has 24 heavy (non-hydrogen) atoms. The number of nitrogens with zero attached hydrogens (tertiary/aromatic N) is 1. The van der Waals surface area contributed by atoms with E-state index in [-0.39, 0.29) is 24.3 Å². The van der Waals surface area contributed by atoms with Crippen LogP contribution in [0.1, 0.15) is 31.1 Å². The minimum absolute atomic E-state index is 0.124. The van der Waals surface area contributed by atoms with Gasteiger partial charge in [-0.15, -0.1) is 0 Å². The zero-order valence-electron chi connectivity index (χ0n) is 14.8. The highest BCUT2D eigenvalue weighted by molar-refractivity contribution is 5.99. The van der Waals surface area contributed by atoms with Crippen molar-refractivity contribution in [2.75, 3.05) is 26.0 Å². The van der Waals surface area contributed by atoms with E-state index in [1.165, 1.54) is 4.90 Å². The van der Waals surface area contributed by atoms with Crippen molar-refractivity contribution < 1.29 is 19.1 Å². The number of anilines is 1. The first-order valence-electron chi connectivity index (χ1n) is 7.82. The number of benzene rings is 1. The highest BCUT2D eigenvalue weighted by atomic mass is 16.5.